The predicted molar refractivity (Wildman–Crippen MR) is 63.5 cm³/mol. The van der Waals surface area contributed by atoms with Crippen molar-refractivity contribution in [3.8, 4) is 0 Å². The summed E-state index contributed by atoms with van der Waals surface area (Å²) >= 11 is 0. The first-order chi connectivity index (χ1) is 7.61. The normalized spacial score (nSPS) is 21.8. The zero-order chi connectivity index (χ0) is 12.0. The molecule has 0 aromatic carbocycles. The van der Waals surface area contributed by atoms with Crippen LogP contribution in [0.15, 0.2) is 0 Å². The standard InChI is InChI=1S/C11H23N3O2/c1-9(10-4-7-16-8-10)12-5-6-13-11(15)14(2)3/h9-10,12H,4-8H2,1-3H3,(H,13,15). The van der Waals surface area contributed by atoms with Crippen molar-refractivity contribution in [1.29, 1.82) is 0 Å². The van der Waals surface area contributed by atoms with Crippen LogP contribution in [0.5, 0.6) is 0 Å². The Hall–Kier alpha value is -0.810. The van der Waals surface area contributed by atoms with Crippen molar-refractivity contribution in [1.82, 2.24) is 15.5 Å². The Kier molecular flexibility index (Phi) is 5.55. The molecule has 0 saturated carbocycles. The van der Waals surface area contributed by atoms with Gasteiger partial charge in [-0.1, -0.05) is 0 Å². The average molecular weight is 229 g/mol. The van der Waals surface area contributed by atoms with Crippen LogP contribution in [-0.4, -0.2) is 57.4 Å². The summed E-state index contributed by atoms with van der Waals surface area (Å²) in [4.78, 5) is 12.7. The molecule has 1 aliphatic heterocycles. The molecule has 0 spiro atoms. The van der Waals surface area contributed by atoms with Crippen molar-refractivity contribution < 1.29 is 9.53 Å². The second-order valence-electron chi connectivity index (χ2n) is 4.49. The van der Waals surface area contributed by atoms with Crippen LogP contribution in [0.2, 0.25) is 0 Å². The number of hydrogen-bond acceptors (Lipinski definition) is 3. The smallest absolute Gasteiger partial charge is 0.316 e. The topological polar surface area (TPSA) is 53.6 Å². The molecule has 94 valence electrons. The predicted octanol–water partition coefficient (Wildman–Crippen LogP) is 0.272. The van der Waals surface area contributed by atoms with E-state index in [9.17, 15) is 4.79 Å². The number of carbonyl (C=O) groups excluding carboxylic acids is 1. The number of nitrogens with one attached hydrogen (secondary N) is 2. The summed E-state index contributed by atoms with van der Waals surface area (Å²) in [5.74, 6) is 0.615. The van der Waals surface area contributed by atoms with Gasteiger partial charge in [-0.3, -0.25) is 0 Å². The lowest BCUT2D eigenvalue weighted by Gasteiger charge is -2.19. The maximum atomic E-state index is 11.2. The number of carbonyl (C=O) groups is 1. The third-order valence-electron chi connectivity index (χ3n) is 2.95. The van der Waals surface area contributed by atoms with E-state index in [1.165, 1.54) is 4.90 Å². The number of rotatable bonds is 5. The minimum atomic E-state index is -0.0429. The van der Waals surface area contributed by atoms with Gasteiger partial charge >= 0.3 is 6.03 Å². The third-order valence-corrected chi connectivity index (χ3v) is 2.95. The maximum Gasteiger partial charge on any atom is 0.316 e. The fraction of sp³-hybridized carbons (Fsp3) is 0.909. The molecule has 2 amide bonds. The minimum Gasteiger partial charge on any atom is -0.381 e. The van der Waals surface area contributed by atoms with Gasteiger partial charge < -0.3 is 20.3 Å². The minimum absolute atomic E-state index is 0.0429. The molecule has 1 saturated heterocycles. The van der Waals surface area contributed by atoms with Gasteiger partial charge in [0, 0.05) is 39.8 Å². The van der Waals surface area contributed by atoms with E-state index in [4.69, 9.17) is 4.74 Å². The van der Waals surface area contributed by atoms with Gasteiger partial charge in [-0.15, -0.1) is 0 Å². The van der Waals surface area contributed by atoms with Gasteiger partial charge in [0.2, 0.25) is 0 Å². The van der Waals surface area contributed by atoms with Gasteiger partial charge in [0.1, 0.15) is 0 Å². The lowest BCUT2D eigenvalue weighted by Crippen LogP contribution is -2.42. The lowest BCUT2D eigenvalue weighted by atomic mass is 10.0. The highest BCUT2D eigenvalue weighted by Gasteiger charge is 2.21. The first-order valence-electron chi connectivity index (χ1n) is 5.87. The van der Waals surface area contributed by atoms with Crippen LogP contribution in [0.3, 0.4) is 0 Å². The summed E-state index contributed by atoms with van der Waals surface area (Å²) in [5.41, 5.74) is 0. The SMILES string of the molecule is CC(NCCNC(=O)N(C)C)C1CCOC1. The quantitative estimate of drug-likeness (QED) is 0.665. The molecule has 2 unspecified atom stereocenters. The highest BCUT2D eigenvalue weighted by molar-refractivity contribution is 5.73. The monoisotopic (exact) mass is 229 g/mol. The molecule has 16 heavy (non-hydrogen) atoms. The summed E-state index contributed by atoms with van der Waals surface area (Å²) in [6, 6.07) is 0.414. The molecule has 0 bridgehead atoms. The van der Waals surface area contributed by atoms with Crippen LogP contribution in [0.25, 0.3) is 0 Å². The van der Waals surface area contributed by atoms with Gasteiger partial charge in [-0.2, -0.15) is 0 Å². The Balaban J connectivity index is 2.04. The molecule has 0 aromatic heterocycles. The first-order valence-corrected chi connectivity index (χ1v) is 5.87. The molecular formula is C11H23N3O2. The highest BCUT2D eigenvalue weighted by atomic mass is 16.5. The van der Waals surface area contributed by atoms with Crippen LogP contribution >= 0.6 is 0 Å². The van der Waals surface area contributed by atoms with Crippen LogP contribution in [-0.2, 0) is 4.74 Å². The summed E-state index contributed by atoms with van der Waals surface area (Å²) in [5, 5.41) is 6.23. The summed E-state index contributed by atoms with van der Waals surface area (Å²) in [6.07, 6.45) is 1.14. The summed E-state index contributed by atoms with van der Waals surface area (Å²) < 4.78 is 5.34. The van der Waals surface area contributed by atoms with Crippen LogP contribution in [0.1, 0.15) is 13.3 Å². The van der Waals surface area contributed by atoms with Crippen molar-refractivity contribution in [2.75, 3.05) is 40.4 Å². The van der Waals surface area contributed by atoms with E-state index >= 15 is 0 Å². The highest BCUT2D eigenvalue weighted by Crippen LogP contribution is 2.15. The number of nitrogens with zero attached hydrogens (tertiary/aromatic N) is 1. The molecule has 1 rings (SSSR count). The first kappa shape index (κ1) is 13.3. The van der Waals surface area contributed by atoms with E-state index in [0.717, 1.165) is 26.2 Å². The van der Waals surface area contributed by atoms with Crippen molar-refractivity contribution in [2.24, 2.45) is 5.92 Å². The maximum absolute atomic E-state index is 11.2. The molecule has 0 radical (unpaired) electrons. The Morgan fingerprint density at radius 2 is 2.25 bits per heavy atom. The van der Waals surface area contributed by atoms with Gasteiger partial charge in [0.25, 0.3) is 0 Å². The van der Waals surface area contributed by atoms with Crippen molar-refractivity contribution in [2.45, 2.75) is 19.4 Å². The third kappa shape index (κ3) is 4.37. The molecular weight excluding hydrogens is 206 g/mol. The molecule has 1 fully saturated rings. The van der Waals surface area contributed by atoms with Gasteiger partial charge in [0.15, 0.2) is 0 Å². The van der Waals surface area contributed by atoms with E-state index in [1.807, 2.05) is 0 Å². The number of ether oxygens (including phenoxy) is 1. The van der Waals surface area contributed by atoms with E-state index in [-0.39, 0.29) is 6.03 Å². The van der Waals surface area contributed by atoms with Crippen molar-refractivity contribution >= 4 is 6.03 Å². The van der Waals surface area contributed by atoms with E-state index in [1.54, 1.807) is 14.1 Å². The van der Waals surface area contributed by atoms with E-state index in [0.29, 0.717) is 18.5 Å². The van der Waals surface area contributed by atoms with Gasteiger partial charge in [-0.25, -0.2) is 4.79 Å². The Morgan fingerprint density at radius 1 is 1.50 bits per heavy atom. The molecule has 0 aliphatic carbocycles. The molecule has 2 N–H and O–H groups in total. The molecule has 1 heterocycles. The van der Waals surface area contributed by atoms with Crippen molar-refractivity contribution in [3.63, 3.8) is 0 Å². The average Bonchev–Trinajstić information content (AvgIpc) is 2.76. The number of hydrogen-bond donors (Lipinski definition) is 2. The van der Waals surface area contributed by atoms with E-state index < -0.39 is 0 Å². The molecule has 5 nitrogen and oxygen atoms in total. The number of amides is 2. The second-order valence-corrected chi connectivity index (χ2v) is 4.49. The van der Waals surface area contributed by atoms with Crippen LogP contribution in [0.4, 0.5) is 4.79 Å². The number of urea groups is 1. The van der Waals surface area contributed by atoms with E-state index in [2.05, 4.69) is 17.6 Å². The Labute approximate surface area is 97.5 Å². The Bertz CT molecular complexity index is 215. The fourth-order valence-corrected chi connectivity index (χ4v) is 1.74. The molecule has 1 aliphatic rings. The zero-order valence-corrected chi connectivity index (χ0v) is 10.5. The fourth-order valence-electron chi connectivity index (χ4n) is 1.74. The van der Waals surface area contributed by atoms with Crippen LogP contribution < -0.4 is 10.6 Å². The molecule has 5 heteroatoms. The van der Waals surface area contributed by atoms with Crippen LogP contribution in [0, 0.1) is 5.92 Å². The zero-order valence-electron chi connectivity index (χ0n) is 10.5. The molecule has 2 atom stereocenters. The second kappa shape index (κ2) is 6.70. The summed E-state index contributed by atoms with van der Waals surface area (Å²) in [6.45, 7) is 5.38. The van der Waals surface area contributed by atoms with Gasteiger partial charge in [-0.05, 0) is 19.3 Å². The van der Waals surface area contributed by atoms with Gasteiger partial charge in [0.05, 0.1) is 6.61 Å². The summed E-state index contributed by atoms with van der Waals surface area (Å²) in [7, 11) is 3.47. The molecule has 0 aromatic rings. The lowest BCUT2D eigenvalue weighted by molar-refractivity contribution is 0.178. The Morgan fingerprint density at radius 3 is 2.81 bits per heavy atom. The largest absolute Gasteiger partial charge is 0.381 e. The van der Waals surface area contributed by atoms with Crippen molar-refractivity contribution in [3.05, 3.63) is 0 Å².